The van der Waals surface area contributed by atoms with E-state index in [1.54, 1.807) is 0 Å². The van der Waals surface area contributed by atoms with E-state index < -0.39 is 0 Å². The predicted molar refractivity (Wildman–Crippen MR) is 115 cm³/mol. The van der Waals surface area contributed by atoms with E-state index in [9.17, 15) is 9.59 Å². The molecule has 0 bridgehead atoms. The van der Waals surface area contributed by atoms with Gasteiger partial charge in [0, 0.05) is 24.7 Å². The summed E-state index contributed by atoms with van der Waals surface area (Å²) in [5.41, 5.74) is 0.542. The Morgan fingerprint density at radius 2 is 1.76 bits per heavy atom. The highest BCUT2D eigenvalue weighted by Gasteiger charge is 2.61. The number of unbranched alkanes of at least 4 members (excludes halogenated alkanes) is 3. The maximum absolute atomic E-state index is 12.5. The summed E-state index contributed by atoms with van der Waals surface area (Å²) in [5.74, 6) is 3.41. The molecule has 0 radical (unpaired) electrons. The molecule has 1 unspecified atom stereocenters. The Labute approximate surface area is 177 Å². The second-order valence-corrected chi connectivity index (χ2v) is 11.3. The molecule has 0 aromatic carbocycles. The van der Waals surface area contributed by atoms with Crippen molar-refractivity contribution in [3.05, 3.63) is 0 Å². The average Bonchev–Trinajstić information content (AvgIpc) is 3.02. The van der Waals surface area contributed by atoms with Crippen LogP contribution in [-0.2, 0) is 14.3 Å². The predicted octanol–water partition coefficient (Wildman–Crippen LogP) is 6.48. The van der Waals surface area contributed by atoms with E-state index in [1.807, 2.05) is 0 Å². The molecule has 0 amide bonds. The van der Waals surface area contributed by atoms with Crippen molar-refractivity contribution in [2.24, 2.45) is 34.5 Å². The maximum atomic E-state index is 12.5. The van der Waals surface area contributed by atoms with Crippen LogP contribution in [-0.4, -0.2) is 17.9 Å². The first-order valence-electron chi connectivity index (χ1n) is 12.6. The molecule has 0 N–H and O–H groups in total. The van der Waals surface area contributed by atoms with Crippen molar-refractivity contribution in [3.63, 3.8) is 0 Å². The summed E-state index contributed by atoms with van der Waals surface area (Å²) >= 11 is 0. The van der Waals surface area contributed by atoms with Crippen LogP contribution in [0, 0.1) is 34.5 Å². The summed E-state index contributed by atoms with van der Waals surface area (Å²) in [4.78, 5) is 24.5. The van der Waals surface area contributed by atoms with Gasteiger partial charge < -0.3 is 4.74 Å². The van der Waals surface area contributed by atoms with Gasteiger partial charge in [-0.15, -0.1) is 0 Å². The minimum atomic E-state index is 0.0385. The van der Waals surface area contributed by atoms with Crippen LogP contribution in [0.4, 0.5) is 0 Å². The average molecular weight is 403 g/mol. The second-order valence-electron chi connectivity index (χ2n) is 11.3. The summed E-state index contributed by atoms with van der Waals surface area (Å²) < 4.78 is 6.11. The van der Waals surface area contributed by atoms with Crippen molar-refractivity contribution in [3.8, 4) is 0 Å². The fraction of sp³-hybridized carbons (Fsp3) is 0.923. The molecular formula is C26H42O3. The van der Waals surface area contributed by atoms with Gasteiger partial charge in [-0.25, -0.2) is 0 Å². The monoisotopic (exact) mass is 402 g/mol. The van der Waals surface area contributed by atoms with Crippen molar-refractivity contribution in [2.45, 2.75) is 117 Å². The summed E-state index contributed by atoms with van der Waals surface area (Å²) in [5, 5.41) is 0. The minimum absolute atomic E-state index is 0.0385. The van der Waals surface area contributed by atoms with Gasteiger partial charge in [0.1, 0.15) is 11.9 Å². The number of hydrogen-bond donors (Lipinski definition) is 0. The molecule has 0 aromatic rings. The quantitative estimate of drug-likeness (QED) is 0.377. The molecule has 3 heteroatoms. The fourth-order valence-electron chi connectivity index (χ4n) is 8.10. The smallest absolute Gasteiger partial charge is 0.306 e. The zero-order chi connectivity index (χ0) is 20.6. The third kappa shape index (κ3) is 3.81. The molecule has 0 saturated heterocycles. The molecule has 0 aromatic heterocycles. The Balaban J connectivity index is 1.41. The molecule has 4 fully saturated rings. The van der Waals surface area contributed by atoms with Gasteiger partial charge in [-0.3, -0.25) is 9.59 Å². The number of esters is 1. The zero-order valence-electron chi connectivity index (χ0n) is 19.0. The van der Waals surface area contributed by atoms with Crippen LogP contribution in [0.25, 0.3) is 0 Å². The molecule has 164 valence electrons. The lowest BCUT2D eigenvalue weighted by Gasteiger charge is -2.60. The van der Waals surface area contributed by atoms with Crippen molar-refractivity contribution in [1.82, 2.24) is 0 Å². The number of hydrogen-bond acceptors (Lipinski definition) is 3. The molecule has 0 heterocycles. The summed E-state index contributed by atoms with van der Waals surface area (Å²) in [6.07, 6.45) is 15.3. The third-order valence-electron chi connectivity index (χ3n) is 9.90. The molecule has 4 saturated carbocycles. The lowest BCUT2D eigenvalue weighted by Crippen LogP contribution is -2.54. The SMILES string of the molecule is CCCCCCC(=O)O[C@H]1CC[C@H]2[C@@H]3CCC4CC(=O)CC[C@]4(C)[C@H]3CC[C@]12C. The topological polar surface area (TPSA) is 43.4 Å². The lowest BCUT2D eigenvalue weighted by molar-refractivity contribution is -0.164. The van der Waals surface area contributed by atoms with E-state index in [4.69, 9.17) is 4.74 Å². The summed E-state index contributed by atoms with van der Waals surface area (Å²) in [6.45, 7) is 7.13. The van der Waals surface area contributed by atoms with E-state index in [0.29, 0.717) is 29.5 Å². The Morgan fingerprint density at radius 3 is 2.55 bits per heavy atom. The first kappa shape index (κ1) is 21.4. The van der Waals surface area contributed by atoms with E-state index in [0.717, 1.165) is 50.4 Å². The van der Waals surface area contributed by atoms with Gasteiger partial charge >= 0.3 is 5.97 Å². The van der Waals surface area contributed by atoms with Gasteiger partial charge in [-0.2, -0.15) is 0 Å². The summed E-state index contributed by atoms with van der Waals surface area (Å²) in [7, 11) is 0. The van der Waals surface area contributed by atoms with Crippen LogP contribution in [0.1, 0.15) is 111 Å². The van der Waals surface area contributed by atoms with Crippen LogP contribution in [0.15, 0.2) is 0 Å². The fourth-order valence-corrected chi connectivity index (χ4v) is 8.10. The van der Waals surface area contributed by atoms with Crippen molar-refractivity contribution < 1.29 is 14.3 Å². The Bertz CT molecular complexity index is 627. The summed E-state index contributed by atoms with van der Waals surface area (Å²) in [6, 6.07) is 0. The van der Waals surface area contributed by atoms with Crippen molar-refractivity contribution in [2.75, 3.05) is 0 Å². The van der Waals surface area contributed by atoms with E-state index in [-0.39, 0.29) is 17.5 Å². The third-order valence-corrected chi connectivity index (χ3v) is 9.90. The van der Waals surface area contributed by atoms with Crippen LogP contribution < -0.4 is 0 Å². The van der Waals surface area contributed by atoms with Gasteiger partial charge in [0.15, 0.2) is 0 Å². The van der Waals surface area contributed by atoms with E-state index in [1.165, 1.54) is 44.9 Å². The Morgan fingerprint density at radius 1 is 0.966 bits per heavy atom. The Kier molecular flexibility index (Phi) is 6.15. The standard InChI is InChI=1S/C26H42O3/c1-4-5-6-7-8-24(28)29-23-12-11-21-20-10-9-18-17-19(27)13-15-25(18,2)22(20)14-16-26(21,23)3/h18,20-23H,4-17H2,1-3H3/t18?,20-,21-,22-,23-,25-,26-/m0/s1. The lowest BCUT2D eigenvalue weighted by atomic mass is 9.45. The van der Waals surface area contributed by atoms with Gasteiger partial charge in [-0.1, -0.05) is 40.0 Å². The number of Topliss-reactive ketones (excluding diaryl/α,β-unsaturated/α-hetero) is 1. The molecule has 29 heavy (non-hydrogen) atoms. The van der Waals surface area contributed by atoms with Crippen LogP contribution in [0.5, 0.6) is 0 Å². The molecule has 0 aliphatic heterocycles. The highest BCUT2D eigenvalue weighted by atomic mass is 16.5. The van der Waals surface area contributed by atoms with Gasteiger partial charge in [-0.05, 0) is 80.5 Å². The van der Waals surface area contributed by atoms with Gasteiger partial charge in [0.05, 0.1) is 0 Å². The highest BCUT2D eigenvalue weighted by Crippen LogP contribution is 2.66. The van der Waals surface area contributed by atoms with Gasteiger partial charge in [0.25, 0.3) is 0 Å². The first-order valence-corrected chi connectivity index (χ1v) is 12.6. The number of carbonyl (C=O) groups excluding carboxylic acids is 2. The second kappa shape index (κ2) is 8.35. The van der Waals surface area contributed by atoms with Crippen LogP contribution in [0.3, 0.4) is 0 Å². The molecule has 7 atom stereocenters. The Hall–Kier alpha value is -0.860. The number of ketones is 1. The largest absolute Gasteiger partial charge is 0.462 e. The number of fused-ring (bicyclic) bond motifs is 5. The van der Waals surface area contributed by atoms with Gasteiger partial charge in [0.2, 0.25) is 0 Å². The molecule has 3 nitrogen and oxygen atoms in total. The highest BCUT2D eigenvalue weighted by molar-refractivity contribution is 5.79. The van der Waals surface area contributed by atoms with Crippen molar-refractivity contribution in [1.29, 1.82) is 0 Å². The molecule has 4 rings (SSSR count). The first-order chi connectivity index (χ1) is 13.9. The molecular weight excluding hydrogens is 360 g/mol. The van der Waals surface area contributed by atoms with E-state index >= 15 is 0 Å². The molecule has 4 aliphatic carbocycles. The maximum Gasteiger partial charge on any atom is 0.306 e. The normalized spacial score (nSPS) is 44.0. The molecule has 0 spiro atoms. The van der Waals surface area contributed by atoms with Crippen LogP contribution in [0.2, 0.25) is 0 Å². The number of ether oxygens (including phenoxy) is 1. The van der Waals surface area contributed by atoms with Crippen LogP contribution >= 0.6 is 0 Å². The number of rotatable bonds is 6. The zero-order valence-corrected chi connectivity index (χ0v) is 19.0. The van der Waals surface area contributed by atoms with E-state index in [2.05, 4.69) is 20.8 Å². The number of carbonyl (C=O) groups is 2. The molecule has 4 aliphatic rings. The van der Waals surface area contributed by atoms with Crippen molar-refractivity contribution >= 4 is 11.8 Å². The minimum Gasteiger partial charge on any atom is -0.462 e.